The number of nitrogens with one attached hydrogen (secondary N) is 1. The van der Waals surface area contributed by atoms with E-state index in [9.17, 15) is 9.59 Å². The lowest BCUT2D eigenvalue weighted by molar-refractivity contribution is 0.0698. The van der Waals surface area contributed by atoms with Gasteiger partial charge in [-0.05, 0) is 48.1 Å². The third kappa shape index (κ3) is 4.73. The second-order valence-electron chi connectivity index (χ2n) is 8.11. The Morgan fingerprint density at radius 3 is 2.26 bits per heavy atom. The highest BCUT2D eigenvalue weighted by atomic mass is 16.2. The first-order valence-electron chi connectivity index (χ1n) is 9.45. The summed E-state index contributed by atoms with van der Waals surface area (Å²) in [6.07, 6.45) is 4.74. The van der Waals surface area contributed by atoms with E-state index in [1.807, 2.05) is 29.2 Å². The van der Waals surface area contributed by atoms with E-state index in [0.717, 1.165) is 18.4 Å². The fourth-order valence-electron chi connectivity index (χ4n) is 3.29. The number of pyridine rings is 1. The van der Waals surface area contributed by atoms with Gasteiger partial charge in [0.15, 0.2) is 0 Å². The molecule has 2 heterocycles. The molecule has 1 aliphatic heterocycles. The van der Waals surface area contributed by atoms with Crippen molar-refractivity contribution < 1.29 is 9.59 Å². The van der Waals surface area contributed by atoms with Gasteiger partial charge in [-0.2, -0.15) is 0 Å². The zero-order valence-corrected chi connectivity index (χ0v) is 16.2. The Morgan fingerprint density at radius 1 is 1.04 bits per heavy atom. The summed E-state index contributed by atoms with van der Waals surface area (Å²) in [4.78, 5) is 30.8. The largest absolute Gasteiger partial charge is 0.349 e. The van der Waals surface area contributed by atoms with Crippen molar-refractivity contribution in [3.05, 3.63) is 65.5 Å². The average molecular weight is 365 g/mol. The summed E-state index contributed by atoms with van der Waals surface area (Å²) >= 11 is 0. The second-order valence-corrected chi connectivity index (χ2v) is 8.11. The van der Waals surface area contributed by atoms with Crippen LogP contribution in [0.25, 0.3) is 0 Å². The normalized spacial score (nSPS) is 15.4. The Kier molecular flexibility index (Phi) is 5.59. The van der Waals surface area contributed by atoms with Crippen LogP contribution in [-0.4, -0.2) is 40.8 Å². The van der Waals surface area contributed by atoms with Crippen molar-refractivity contribution in [1.29, 1.82) is 0 Å². The predicted octanol–water partition coefficient (Wildman–Crippen LogP) is 3.41. The molecule has 1 fully saturated rings. The van der Waals surface area contributed by atoms with Gasteiger partial charge < -0.3 is 10.2 Å². The van der Waals surface area contributed by atoms with Crippen molar-refractivity contribution in [2.75, 3.05) is 13.1 Å². The second kappa shape index (κ2) is 7.91. The molecule has 2 amide bonds. The van der Waals surface area contributed by atoms with Gasteiger partial charge in [0.05, 0.1) is 5.56 Å². The standard InChI is InChI=1S/C22H27N3O2/c1-22(2,3)18-8-6-16(7-9-18)21(27)25-13-10-19(11-14-25)24-20(26)17-5-4-12-23-15-17/h4-9,12,15,19H,10-11,13-14H2,1-3H3,(H,24,26). The van der Waals surface area contributed by atoms with Crippen LogP contribution in [0.4, 0.5) is 0 Å². The monoisotopic (exact) mass is 365 g/mol. The molecule has 1 aliphatic rings. The quantitative estimate of drug-likeness (QED) is 0.907. The number of nitrogens with zero attached hydrogens (tertiary/aromatic N) is 2. The molecule has 5 nitrogen and oxygen atoms in total. The van der Waals surface area contributed by atoms with E-state index in [1.54, 1.807) is 24.5 Å². The number of carbonyl (C=O) groups excluding carboxylic acids is 2. The Hall–Kier alpha value is -2.69. The van der Waals surface area contributed by atoms with E-state index < -0.39 is 0 Å². The zero-order chi connectivity index (χ0) is 19.4. The van der Waals surface area contributed by atoms with Crippen molar-refractivity contribution in [2.45, 2.75) is 45.1 Å². The lowest BCUT2D eigenvalue weighted by Gasteiger charge is -2.32. The summed E-state index contributed by atoms with van der Waals surface area (Å²) in [7, 11) is 0. The lowest BCUT2D eigenvalue weighted by Crippen LogP contribution is -2.46. The van der Waals surface area contributed by atoms with Crippen LogP contribution < -0.4 is 5.32 Å². The van der Waals surface area contributed by atoms with Crippen molar-refractivity contribution in [3.63, 3.8) is 0 Å². The molecular formula is C22H27N3O2. The van der Waals surface area contributed by atoms with Gasteiger partial charge in [-0.25, -0.2) is 0 Å². The molecule has 2 aromatic rings. The van der Waals surface area contributed by atoms with Gasteiger partial charge in [0.25, 0.3) is 11.8 Å². The molecule has 0 spiro atoms. The first-order chi connectivity index (χ1) is 12.8. The topological polar surface area (TPSA) is 62.3 Å². The number of benzene rings is 1. The van der Waals surface area contributed by atoms with Gasteiger partial charge in [0.2, 0.25) is 0 Å². The minimum absolute atomic E-state index is 0.0625. The molecule has 142 valence electrons. The van der Waals surface area contributed by atoms with E-state index >= 15 is 0 Å². The fourth-order valence-corrected chi connectivity index (χ4v) is 3.29. The molecular weight excluding hydrogens is 338 g/mol. The van der Waals surface area contributed by atoms with Crippen LogP contribution in [0.5, 0.6) is 0 Å². The Morgan fingerprint density at radius 2 is 1.70 bits per heavy atom. The number of rotatable bonds is 3. The Bertz CT molecular complexity index is 787. The number of aromatic nitrogens is 1. The zero-order valence-electron chi connectivity index (χ0n) is 16.2. The number of likely N-dealkylation sites (tertiary alicyclic amines) is 1. The molecule has 0 aliphatic carbocycles. The van der Waals surface area contributed by atoms with Crippen molar-refractivity contribution in [3.8, 4) is 0 Å². The summed E-state index contributed by atoms with van der Waals surface area (Å²) in [5.74, 6) is -0.0434. The number of carbonyl (C=O) groups is 2. The molecule has 1 N–H and O–H groups in total. The molecule has 5 heteroatoms. The van der Waals surface area contributed by atoms with Crippen LogP contribution in [0, 0.1) is 0 Å². The first kappa shape index (κ1) is 19.1. The van der Waals surface area contributed by atoms with Crippen molar-refractivity contribution >= 4 is 11.8 Å². The molecule has 1 saturated heterocycles. The van der Waals surface area contributed by atoms with Crippen LogP contribution in [0.2, 0.25) is 0 Å². The Balaban J connectivity index is 1.54. The first-order valence-corrected chi connectivity index (χ1v) is 9.45. The summed E-state index contributed by atoms with van der Waals surface area (Å²) < 4.78 is 0. The van der Waals surface area contributed by atoms with Crippen molar-refractivity contribution in [2.24, 2.45) is 0 Å². The van der Waals surface area contributed by atoms with Gasteiger partial charge in [-0.3, -0.25) is 14.6 Å². The minimum atomic E-state index is -0.106. The molecule has 0 saturated carbocycles. The van der Waals surface area contributed by atoms with Crippen LogP contribution >= 0.6 is 0 Å². The van der Waals surface area contributed by atoms with E-state index in [1.165, 1.54) is 5.56 Å². The SMILES string of the molecule is CC(C)(C)c1ccc(C(=O)N2CCC(NC(=O)c3cccnc3)CC2)cc1. The average Bonchev–Trinajstić information content (AvgIpc) is 2.68. The van der Waals surface area contributed by atoms with E-state index in [2.05, 4.69) is 31.1 Å². The molecule has 3 rings (SSSR count). The van der Waals surface area contributed by atoms with Gasteiger partial charge in [0.1, 0.15) is 0 Å². The molecule has 27 heavy (non-hydrogen) atoms. The molecule has 0 atom stereocenters. The van der Waals surface area contributed by atoms with Gasteiger partial charge >= 0.3 is 0 Å². The summed E-state index contributed by atoms with van der Waals surface area (Å²) in [6, 6.07) is 11.5. The smallest absolute Gasteiger partial charge is 0.253 e. The van der Waals surface area contributed by atoms with E-state index in [4.69, 9.17) is 0 Å². The van der Waals surface area contributed by atoms with Crippen LogP contribution in [0.3, 0.4) is 0 Å². The fraction of sp³-hybridized carbons (Fsp3) is 0.409. The maximum Gasteiger partial charge on any atom is 0.253 e. The highest BCUT2D eigenvalue weighted by Crippen LogP contribution is 2.23. The lowest BCUT2D eigenvalue weighted by atomic mass is 9.86. The number of piperidine rings is 1. The number of amides is 2. The maximum absolute atomic E-state index is 12.7. The molecule has 1 aromatic heterocycles. The molecule has 0 unspecified atom stereocenters. The van der Waals surface area contributed by atoms with Crippen LogP contribution in [0.15, 0.2) is 48.8 Å². The van der Waals surface area contributed by atoms with Crippen molar-refractivity contribution in [1.82, 2.24) is 15.2 Å². The summed E-state index contributed by atoms with van der Waals surface area (Å²) in [6.45, 7) is 7.78. The minimum Gasteiger partial charge on any atom is -0.349 e. The Labute approximate surface area is 160 Å². The third-order valence-electron chi connectivity index (χ3n) is 5.04. The van der Waals surface area contributed by atoms with Gasteiger partial charge in [0, 0.05) is 37.1 Å². The van der Waals surface area contributed by atoms with Gasteiger partial charge in [-0.15, -0.1) is 0 Å². The highest BCUT2D eigenvalue weighted by Gasteiger charge is 2.25. The summed E-state index contributed by atoms with van der Waals surface area (Å²) in [5.41, 5.74) is 2.58. The molecule has 0 radical (unpaired) electrons. The third-order valence-corrected chi connectivity index (χ3v) is 5.04. The predicted molar refractivity (Wildman–Crippen MR) is 106 cm³/mol. The molecule has 0 bridgehead atoms. The van der Waals surface area contributed by atoms with E-state index in [0.29, 0.717) is 18.7 Å². The number of hydrogen-bond donors (Lipinski definition) is 1. The summed E-state index contributed by atoms with van der Waals surface area (Å²) in [5, 5.41) is 3.04. The van der Waals surface area contributed by atoms with Crippen LogP contribution in [0.1, 0.15) is 59.9 Å². The molecule has 1 aromatic carbocycles. The van der Waals surface area contributed by atoms with Gasteiger partial charge in [-0.1, -0.05) is 32.9 Å². The van der Waals surface area contributed by atoms with E-state index in [-0.39, 0.29) is 23.3 Å². The van der Waals surface area contributed by atoms with Crippen LogP contribution in [-0.2, 0) is 5.41 Å². The highest BCUT2D eigenvalue weighted by molar-refractivity contribution is 5.95. The maximum atomic E-state index is 12.7. The number of hydrogen-bond acceptors (Lipinski definition) is 3.